The minimum atomic E-state index is -0.593. The third-order valence-electron chi connectivity index (χ3n) is 6.16. The molecular formula is C29H26KN4NaO3S. The third-order valence-corrected chi connectivity index (χ3v) is 7.02. The summed E-state index contributed by atoms with van der Waals surface area (Å²) in [5.74, 6) is 0.614. The molecule has 0 aliphatic carbocycles. The molecule has 5 aromatic rings. The van der Waals surface area contributed by atoms with Crippen LogP contribution in [-0.4, -0.2) is 106 Å². The summed E-state index contributed by atoms with van der Waals surface area (Å²) in [4.78, 5) is 32.5. The van der Waals surface area contributed by atoms with E-state index < -0.39 is 5.76 Å². The number of aryl methyl sites for hydroxylation is 1. The van der Waals surface area contributed by atoms with Crippen LogP contribution in [0.3, 0.4) is 0 Å². The fourth-order valence-electron chi connectivity index (χ4n) is 4.32. The summed E-state index contributed by atoms with van der Waals surface area (Å²) in [6.45, 7) is 4.40. The first-order chi connectivity index (χ1) is 18.0. The molecule has 0 atom stereocenters. The summed E-state index contributed by atoms with van der Waals surface area (Å²) in [6.07, 6.45) is 0.551. The summed E-state index contributed by atoms with van der Waals surface area (Å²) >= 11 is 1.57. The largest absolute Gasteiger partial charge is 0.439 e. The van der Waals surface area contributed by atoms with Gasteiger partial charge in [0.25, 0.3) is 5.56 Å². The van der Waals surface area contributed by atoms with Crippen LogP contribution in [0.1, 0.15) is 29.3 Å². The number of benzene rings is 3. The maximum Gasteiger partial charge on any atom is 0.439 e. The van der Waals surface area contributed by atoms with Crippen molar-refractivity contribution in [3.63, 3.8) is 0 Å². The molecule has 0 aliphatic heterocycles. The molecule has 10 heteroatoms. The Morgan fingerprint density at radius 2 is 1.56 bits per heavy atom. The maximum atomic E-state index is 13.7. The van der Waals surface area contributed by atoms with Crippen LogP contribution in [0.25, 0.3) is 22.5 Å². The molecule has 5 rings (SSSR count). The van der Waals surface area contributed by atoms with Crippen LogP contribution in [-0.2, 0) is 13.0 Å². The van der Waals surface area contributed by atoms with Crippen molar-refractivity contribution in [3.8, 4) is 22.5 Å². The SMILES string of the molecule is CCSc1nc(C)c(Cc2ccccc2)c(=O)n1Cc1ccc(-c2ccccc2-c2noc(=O)[nH]2)cc1.[K].[Na]. The molecular weight excluding hydrogens is 546 g/mol. The van der Waals surface area contributed by atoms with Gasteiger partial charge in [-0.25, -0.2) is 9.78 Å². The number of H-pyrrole nitrogens is 1. The van der Waals surface area contributed by atoms with Crippen molar-refractivity contribution < 1.29 is 4.52 Å². The molecule has 2 aromatic heterocycles. The second-order valence-corrected chi connectivity index (χ2v) is 9.86. The van der Waals surface area contributed by atoms with Gasteiger partial charge in [-0.3, -0.25) is 18.9 Å². The number of nitrogens with zero attached hydrogens (tertiary/aromatic N) is 3. The molecule has 0 bridgehead atoms. The van der Waals surface area contributed by atoms with Gasteiger partial charge in [0.2, 0.25) is 0 Å². The first kappa shape index (κ1) is 32.0. The van der Waals surface area contributed by atoms with Crippen LogP contribution >= 0.6 is 11.8 Å². The second-order valence-electron chi connectivity index (χ2n) is 8.63. The molecule has 1 N–H and O–H groups in total. The maximum absolute atomic E-state index is 13.7. The zero-order valence-electron chi connectivity index (χ0n) is 22.6. The summed E-state index contributed by atoms with van der Waals surface area (Å²) < 4.78 is 6.47. The van der Waals surface area contributed by atoms with Crippen molar-refractivity contribution in [3.05, 3.63) is 122 Å². The zero-order valence-corrected chi connectivity index (χ0v) is 28.5. The molecule has 188 valence electrons. The average molecular weight is 573 g/mol. The van der Waals surface area contributed by atoms with Gasteiger partial charge in [-0.2, -0.15) is 0 Å². The summed E-state index contributed by atoms with van der Waals surface area (Å²) in [6, 6.07) is 25.7. The van der Waals surface area contributed by atoms with E-state index in [2.05, 4.69) is 17.1 Å². The van der Waals surface area contributed by atoms with Crippen LogP contribution < -0.4 is 11.3 Å². The van der Waals surface area contributed by atoms with E-state index in [1.165, 1.54) is 0 Å². The number of thioether (sulfide) groups is 1. The standard InChI is InChI=1S/C29H26N4O3S.K.Na/c1-3-37-28-30-19(2)25(17-20-9-5-4-6-10-20)27(34)33(28)18-21-13-15-22(16-14-21)23-11-7-8-12-24(23)26-31-29(35)36-32-26;;/h4-16H,3,17-18H2,1-2H3,(H,31,32,35);;. The Morgan fingerprint density at radius 1 is 0.897 bits per heavy atom. The van der Waals surface area contributed by atoms with Crippen molar-refractivity contribution >= 4 is 92.7 Å². The smallest absolute Gasteiger partial charge is 0.296 e. The molecule has 0 saturated heterocycles. The van der Waals surface area contributed by atoms with Gasteiger partial charge in [-0.05, 0) is 34.9 Å². The van der Waals surface area contributed by atoms with Gasteiger partial charge >= 0.3 is 5.76 Å². The Morgan fingerprint density at radius 3 is 2.21 bits per heavy atom. The fraction of sp³-hybridized carbons (Fsp3) is 0.172. The van der Waals surface area contributed by atoms with Crippen LogP contribution in [0.5, 0.6) is 0 Å². The molecule has 0 unspecified atom stereocenters. The van der Waals surface area contributed by atoms with Crippen molar-refractivity contribution in [1.82, 2.24) is 19.7 Å². The van der Waals surface area contributed by atoms with Gasteiger partial charge in [-0.15, -0.1) is 0 Å². The van der Waals surface area contributed by atoms with E-state index in [-0.39, 0.29) is 86.5 Å². The van der Waals surface area contributed by atoms with Gasteiger partial charge in [0.05, 0.1) is 6.54 Å². The number of hydrogen-bond acceptors (Lipinski definition) is 6. The Kier molecular flexibility index (Phi) is 12.2. The second kappa shape index (κ2) is 14.9. The molecule has 2 heterocycles. The predicted octanol–water partition coefficient (Wildman–Crippen LogP) is 4.55. The Labute approximate surface area is 295 Å². The van der Waals surface area contributed by atoms with Crippen LogP contribution in [0.2, 0.25) is 0 Å². The minimum Gasteiger partial charge on any atom is -0.296 e. The number of nitrogens with one attached hydrogen (secondary N) is 1. The molecule has 0 saturated carbocycles. The van der Waals surface area contributed by atoms with Crippen molar-refractivity contribution in [2.45, 2.75) is 32.0 Å². The Balaban J connectivity index is 0.00000210. The van der Waals surface area contributed by atoms with E-state index in [0.29, 0.717) is 18.8 Å². The molecule has 2 radical (unpaired) electrons. The first-order valence-corrected chi connectivity index (χ1v) is 13.0. The van der Waals surface area contributed by atoms with Gasteiger partial charge < -0.3 is 0 Å². The molecule has 0 amide bonds. The van der Waals surface area contributed by atoms with Crippen LogP contribution in [0, 0.1) is 6.92 Å². The molecule has 0 spiro atoms. The fourth-order valence-corrected chi connectivity index (χ4v) is 5.08. The number of rotatable bonds is 8. The van der Waals surface area contributed by atoms with Crippen molar-refractivity contribution in [1.29, 1.82) is 0 Å². The van der Waals surface area contributed by atoms with E-state index in [0.717, 1.165) is 50.0 Å². The molecule has 3 aromatic carbocycles. The van der Waals surface area contributed by atoms with E-state index in [4.69, 9.17) is 9.51 Å². The monoisotopic (exact) mass is 572 g/mol. The summed E-state index contributed by atoms with van der Waals surface area (Å²) in [5.41, 5.74) is 6.23. The molecule has 7 nitrogen and oxygen atoms in total. The number of aromatic nitrogens is 4. The summed E-state index contributed by atoms with van der Waals surface area (Å²) in [5, 5.41) is 4.57. The predicted molar refractivity (Wildman–Crippen MR) is 157 cm³/mol. The number of aromatic amines is 1. The first-order valence-electron chi connectivity index (χ1n) is 12.0. The van der Waals surface area contributed by atoms with Crippen molar-refractivity contribution in [2.75, 3.05) is 5.75 Å². The Bertz CT molecular complexity index is 1650. The van der Waals surface area contributed by atoms with E-state index in [1.54, 1.807) is 16.3 Å². The van der Waals surface area contributed by atoms with Gasteiger partial charge in [0.15, 0.2) is 11.0 Å². The molecule has 0 aliphatic rings. The van der Waals surface area contributed by atoms with Gasteiger partial charge in [-0.1, -0.05) is 103 Å². The van der Waals surface area contributed by atoms with Crippen LogP contribution in [0.4, 0.5) is 0 Å². The Hall–Kier alpha value is -1.53. The topological polar surface area (TPSA) is 93.8 Å². The quantitative estimate of drug-likeness (QED) is 0.167. The van der Waals surface area contributed by atoms with E-state index in [1.807, 2.05) is 85.8 Å². The normalized spacial score (nSPS) is 10.5. The zero-order chi connectivity index (χ0) is 25.8. The molecule has 39 heavy (non-hydrogen) atoms. The van der Waals surface area contributed by atoms with E-state index >= 15 is 0 Å². The van der Waals surface area contributed by atoms with Crippen molar-refractivity contribution in [2.24, 2.45) is 0 Å². The molecule has 0 fully saturated rings. The van der Waals surface area contributed by atoms with E-state index in [9.17, 15) is 9.59 Å². The average Bonchev–Trinajstić information content (AvgIpc) is 3.36. The van der Waals surface area contributed by atoms with Gasteiger partial charge in [0, 0.05) is 104 Å². The van der Waals surface area contributed by atoms with Gasteiger partial charge in [0.1, 0.15) is 0 Å². The van der Waals surface area contributed by atoms with Crippen LogP contribution in [0.15, 0.2) is 98.1 Å². The summed E-state index contributed by atoms with van der Waals surface area (Å²) in [7, 11) is 0. The third kappa shape index (κ3) is 7.61. The number of hydrogen-bond donors (Lipinski definition) is 1. The minimum absolute atomic E-state index is 0.